The number of benzene rings is 1. The summed E-state index contributed by atoms with van der Waals surface area (Å²) < 4.78 is 53.0. The van der Waals surface area contributed by atoms with Crippen LogP contribution in [0.15, 0.2) is 42.6 Å². The van der Waals surface area contributed by atoms with Gasteiger partial charge in [-0.3, -0.25) is 4.98 Å². The van der Waals surface area contributed by atoms with Crippen molar-refractivity contribution >= 4 is 16.7 Å². The van der Waals surface area contributed by atoms with Crippen molar-refractivity contribution in [3.63, 3.8) is 0 Å². The number of nitrogens with two attached hydrogens (primary N) is 1. The smallest absolute Gasteiger partial charge is 0.370 e. The summed E-state index contributed by atoms with van der Waals surface area (Å²) in [5.74, 6) is -0.357. The van der Waals surface area contributed by atoms with Gasteiger partial charge in [0.15, 0.2) is 0 Å². The van der Waals surface area contributed by atoms with Gasteiger partial charge in [0.05, 0.1) is 16.8 Å². The first kappa shape index (κ1) is 18.1. The molecule has 26 heavy (non-hydrogen) atoms. The number of aromatic nitrogens is 2. The predicted molar refractivity (Wildman–Crippen MR) is 92.1 cm³/mol. The van der Waals surface area contributed by atoms with Crippen molar-refractivity contribution < 1.29 is 17.6 Å². The van der Waals surface area contributed by atoms with Gasteiger partial charge in [0.1, 0.15) is 11.6 Å². The molecule has 0 aliphatic heterocycles. The minimum Gasteiger partial charge on any atom is -0.370 e. The summed E-state index contributed by atoms with van der Waals surface area (Å²) in [5, 5.41) is 3.79. The van der Waals surface area contributed by atoms with Crippen molar-refractivity contribution in [1.82, 2.24) is 9.97 Å². The molecule has 3 aromatic rings. The van der Waals surface area contributed by atoms with Crippen molar-refractivity contribution in [3.8, 4) is 11.3 Å². The summed E-state index contributed by atoms with van der Waals surface area (Å²) in [6.45, 7) is 1.18. The Labute approximate surface area is 147 Å². The number of nitrogens with one attached hydrogen (secondary N) is 1. The standard InChI is InChI=1S/C18H16F4N4/c19-12-3-4-13(14(8-12)18(20,21)22)16-9-15-11(10-25-16)2-5-17(26-15)24-7-1-6-23/h2-5,8-10H,1,6-7,23H2,(H,24,26). The van der Waals surface area contributed by atoms with E-state index in [2.05, 4.69) is 15.3 Å². The lowest BCUT2D eigenvalue weighted by Gasteiger charge is -2.13. The van der Waals surface area contributed by atoms with Crippen LogP contribution in [0.4, 0.5) is 23.4 Å². The molecule has 0 saturated carbocycles. The molecule has 0 amide bonds. The van der Waals surface area contributed by atoms with E-state index in [4.69, 9.17) is 5.73 Å². The summed E-state index contributed by atoms with van der Waals surface area (Å²) in [6.07, 6.45) is -2.47. The van der Waals surface area contributed by atoms with Gasteiger partial charge in [-0.15, -0.1) is 0 Å². The maximum atomic E-state index is 13.3. The zero-order valence-electron chi connectivity index (χ0n) is 13.6. The van der Waals surface area contributed by atoms with Gasteiger partial charge in [-0.2, -0.15) is 13.2 Å². The SMILES string of the molecule is NCCCNc1ccc2cnc(-c3ccc(F)cc3C(F)(F)F)cc2n1. The molecule has 0 aliphatic carbocycles. The zero-order chi connectivity index (χ0) is 18.7. The maximum absolute atomic E-state index is 13.3. The van der Waals surface area contributed by atoms with Gasteiger partial charge >= 0.3 is 6.18 Å². The number of hydrogen-bond donors (Lipinski definition) is 2. The summed E-state index contributed by atoms with van der Waals surface area (Å²) in [7, 11) is 0. The zero-order valence-corrected chi connectivity index (χ0v) is 13.6. The number of nitrogens with zero attached hydrogens (tertiary/aromatic N) is 2. The van der Waals surface area contributed by atoms with Crippen molar-refractivity contribution in [2.75, 3.05) is 18.4 Å². The van der Waals surface area contributed by atoms with Crippen LogP contribution in [0.1, 0.15) is 12.0 Å². The number of hydrogen-bond acceptors (Lipinski definition) is 4. The lowest BCUT2D eigenvalue weighted by molar-refractivity contribution is -0.137. The fraction of sp³-hybridized carbons (Fsp3) is 0.222. The molecule has 0 aliphatic rings. The lowest BCUT2D eigenvalue weighted by atomic mass is 10.0. The minimum atomic E-state index is -4.69. The molecule has 2 aromatic heterocycles. The lowest BCUT2D eigenvalue weighted by Crippen LogP contribution is -2.09. The quantitative estimate of drug-likeness (QED) is 0.526. The highest BCUT2D eigenvalue weighted by Gasteiger charge is 2.34. The topological polar surface area (TPSA) is 63.8 Å². The van der Waals surface area contributed by atoms with Gasteiger partial charge < -0.3 is 11.1 Å². The third-order valence-corrected chi connectivity index (χ3v) is 3.82. The van der Waals surface area contributed by atoms with Crippen molar-refractivity contribution in [3.05, 3.63) is 54.0 Å². The van der Waals surface area contributed by atoms with Gasteiger partial charge in [0, 0.05) is 23.7 Å². The number of fused-ring (bicyclic) bond motifs is 1. The molecule has 0 radical (unpaired) electrons. The Hall–Kier alpha value is -2.74. The second-order valence-corrected chi connectivity index (χ2v) is 5.72. The van der Waals surface area contributed by atoms with Crippen LogP contribution in [-0.2, 0) is 6.18 Å². The normalized spacial score (nSPS) is 11.7. The molecule has 0 saturated heterocycles. The van der Waals surface area contributed by atoms with E-state index in [1.807, 2.05) is 0 Å². The van der Waals surface area contributed by atoms with Crippen molar-refractivity contribution in [1.29, 1.82) is 0 Å². The minimum absolute atomic E-state index is 0.0800. The van der Waals surface area contributed by atoms with Crippen LogP contribution < -0.4 is 11.1 Å². The Morgan fingerprint density at radius 1 is 1.08 bits per heavy atom. The summed E-state index contributed by atoms with van der Waals surface area (Å²) in [5.41, 5.74) is 4.75. The van der Waals surface area contributed by atoms with Gasteiger partial charge in [-0.05, 0) is 49.4 Å². The fourth-order valence-electron chi connectivity index (χ4n) is 2.55. The third kappa shape index (κ3) is 3.91. The average Bonchev–Trinajstić information content (AvgIpc) is 2.60. The van der Waals surface area contributed by atoms with Crippen LogP contribution in [0.25, 0.3) is 22.2 Å². The molecule has 1 aromatic carbocycles. The van der Waals surface area contributed by atoms with E-state index in [0.717, 1.165) is 18.6 Å². The van der Waals surface area contributed by atoms with Crippen molar-refractivity contribution in [2.45, 2.75) is 12.6 Å². The highest BCUT2D eigenvalue weighted by molar-refractivity contribution is 5.83. The van der Waals surface area contributed by atoms with Crippen LogP contribution in [0.3, 0.4) is 0 Å². The second kappa shape index (κ2) is 7.25. The maximum Gasteiger partial charge on any atom is 0.417 e. The molecule has 0 unspecified atom stereocenters. The van der Waals surface area contributed by atoms with Crippen LogP contribution in [0.2, 0.25) is 0 Å². The highest BCUT2D eigenvalue weighted by Crippen LogP contribution is 2.37. The summed E-state index contributed by atoms with van der Waals surface area (Å²) >= 11 is 0. The number of alkyl halides is 3. The molecule has 8 heteroatoms. The van der Waals surface area contributed by atoms with Crippen LogP contribution in [-0.4, -0.2) is 23.1 Å². The first-order chi connectivity index (χ1) is 12.4. The number of pyridine rings is 2. The first-order valence-electron chi connectivity index (χ1n) is 7.96. The second-order valence-electron chi connectivity index (χ2n) is 5.72. The Kier molecular flexibility index (Phi) is 5.03. The van der Waals surface area contributed by atoms with E-state index < -0.39 is 17.6 Å². The molecule has 2 heterocycles. The third-order valence-electron chi connectivity index (χ3n) is 3.82. The van der Waals surface area contributed by atoms with Gasteiger partial charge in [0.2, 0.25) is 0 Å². The van der Waals surface area contributed by atoms with Gasteiger partial charge in [0.25, 0.3) is 0 Å². The number of rotatable bonds is 5. The largest absolute Gasteiger partial charge is 0.417 e. The molecule has 0 atom stereocenters. The fourth-order valence-corrected chi connectivity index (χ4v) is 2.55. The van der Waals surface area contributed by atoms with E-state index in [0.29, 0.717) is 35.9 Å². The Morgan fingerprint density at radius 3 is 2.62 bits per heavy atom. The summed E-state index contributed by atoms with van der Waals surface area (Å²) in [6, 6.07) is 7.54. The molecule has 3 N–H and O–H groups in total. The monoisotopic (exact) mass is 364 g/mol. The van der Waals surface area contributed by atoms with E-state index in [-0.39, 0.29) is 11.3 Å². The number of halogens is 4. The van der Waals surface area contributed by atoms with Gasteiger partial charge in [-0.25, -0.2) is 9.37 Å². The Balaban J connectivity index is 2.03. The van der Waals surface area contributed by atoms with E-state index in [9.17, 15) is 17.6 Å². The van der Waals surface area contributed by atoms with E-state index in [1.165, 1.54) is 12.3 Å². The molecule has 3 rings (SSSR count). The first-order valence-corrected chi connectivity index (χ1v) is 7.96. The molecule has 0 bridgehead atoms. The molecule has 0 fully saturated rings. The van der Waals surface area contributed by atoms with Crippen LogP contribution >= 0.6 is 0 Å². The van der Waals surface area contributed by atoms with Gasteiger partial charge in [-0.1, -0.05) is 0 Å². The van der Waals surface area contributed by atoms with Crippen LogP contribution in [0, 0.1) is 5.82 Å². The van der Waals surface area contributed by atoms with Crippen molar-refractivity contribution in [2.24, 2.45) is 5.73 Å². The summed E-state index contributed by atoms with van der Waals surface area (Å²) in [4.78, 5) is 8.48. The molecular weight excluding hydrogens is 348 g/mol. The molecule has 136 valence electrons. The van der Waals surface area contributed by atoms with E-state index >= 15 is 0 Å². The number of anilines is 1. The van der Waals surface area contributed by atoms with E-state index in [1.54, 1.807) is 12.1 Å². The molecular formula is C18H16F4N4. The molecule has 4 nitrogen and oxygen atoms in total. The highest BCUT2D eigenvalue weighted by atomic mass is 19.4. The molecule has 0 spiro atoms. The predicted octanol–water partition coefficient (Wildman–Crippen LogP) is 4.22. The average molecular weight is 364 g/mol. The van der Waals surface area contributed by atoms with Crippen LogP contribution in [0.5, 0.6) is 0 Å². The Morgan fingerprint density at radius 2 is 1.88 bits per heavy atom. The Bertz CT molecular complexity index is 925.